The third kappa shape index (κ3) is 2.04. The van der Waals surface area contributed by atoms with Crippen molar-refractivity contribution in [2.45, 2.75) is 13.0 Å². The normalized spacial score (nSPS) is 16.7. The van der Waals surface area contributed by atoms with Gasteiger partial charge in [0.2, 0.25) is 10.0 Å². The molecule has 0 saturated carbocycles. The van der Waals surface area contributed by atoms with Crippen LogP contribution in [-0.2, 0) is 23.0 Å². The minimum atomic E-state index is -3.14. The Morgan fingerprint density at radius 2 is 2.33 bits per heavy atom. The summed E-state index contributed by atoms with van der Waals surface area (Å²) >= 11 is 1.46. The van der Waals surface area contributed by atoms with Gasteiger partial charge in [0.25, 0.3) is 0 Å². The number of thiazole rings is 1. The number of rotatable bonds is 2. The lowest BCUT2D eigenvalue weighted by atomic mass is 10.2. The summed E-state index contributed by atoms with van der Waals surface area (Å²) in [5.41, 5.74) is 0.964. The van der Waals surface area contributed by atoms with Crippen LogP contribution in [0.4, 0.5) is 0 Å². The first-order valence-electron chi connectivity index (χ1n) is 5.33. The van der Waals surface area contributed by atoms with Gasteiger partial charge in [-0.05, 0) is 0 Å². The zero-order valence-electron chi connectivity index (χ0n) is 9.62. The molecule has 0 unspecified atom stereocenters. The first kappa shape index (κ1) is 11.8. The molecule has 1 aliphatic rings. The highest BCUT2D eigenvalue weighted by atomic mass is 32.2. The fraction of sp³-hybridized carbons (Fsp3) is 0.444. The predicted octanol–water partition coefficient (Wildman–Crippen LogP) is 0.246. The standard InChI is InChI=1S/C9H11N5O2S2/c1-18(15,16)14-3-2-6-7(4-14)17-9(12-6)8-10-5-11-13-8/h5H,2-4H2,1H3,(H,10,11,13). The Kier molecular flexibility index (Phi) is 2.68. The molecule has 2 aromatic heterocycles. The van der Waals surface area contributed by atoms with Crippen LogP contribution in [0.3, 0.4) is 0 Å². The minimum Gasteiger partial charge on any atom is -0.257 e. The van der Waals surface area contributed by atoms with Crippen LogP contribution >= 0.6 is 11.3 Å². The fourth-order valence-corrected chi connectivity index (χ4v) is 3.80. The Balaban J connectivity index is 1.94. The molecule has 0 aliphatic carbocycles. The summed E-state index contributed by atoms with van der Waals surface area (Å²) in [7, 11) is -3.14. The van der Waals surface area contributed by atoms with E-state index in [-0.39, 0.29) is 0 Å². The van der Waals surface area contributed by atoms with Crippen LogP contribution in [0, 0.1) is 0 Å². The second-order valence-electron chi connectivity index (χ2n) is 4.07. The molecule has 0 fully saturated rings. The van der Waals surface area contributed by atoms with E-state index in [1.54, 1.807) is 0 Å². The molecular formula is C9H11N5O2S2. The van der Waals surface area contributed by atoms with Gasteiger partial charge in [0, 0.05) is 24.4 Å². The highest BCUT2D eigenvalue weighted by Crippen LogP contribution is 2.30. The average molecular weight is 285 g/mol. The summed E-state index contributed by atoms with van der Waals surface area (Å²) < 4.78 is 24.5. The molecule has 0 saturated heterocycles. The molecule has 0 spiro atoms. The molecule has 2 aromatic rings. The van der Waals surface area contributed by atoms with Gasteiger partial charge >= 0.3 is 0 Å². The van der Waals surface area contributed by atoms with Crippen molar-refractivity contribution in [3.8, 4) is 10.8 Å². The summed E-state index contributed by atoms with van der Waals surface area (Å²) in [4.78, 5) is 9.50. The van der Waals surface area contributed by atoms with Gasteiger partial charge in [-0.1, -0.05) is 0 Å². The smallest absolute Gasteiger partial charge is 0.211 e. The van der Waals surface area contributed by atoms with E-state index in [0.29, 0.717) is 25.3 Å². The number of H-pyrrole nitrogens is 1. The van der Waals surface area contributed by atoms with Crippen molar-refractivity contribution in [3.63, 3.8) is 0 Å². The number of aromatic nitrogens is 4. The molecule has 18 heavy (non-hydrogen) atoms. The highest BCUT2D eigenvalue weighted by Gasteiger charge is 2.26. The topological polar surface area (TPSA) is 91.8 Å². The maximum Gasteiger partial charge on any atom is 0.211 e. The summed E-state index contributed by atoms with van der Waals surface area (Å²) in [5, 5.41) is 7.30. The minimum absolute atomic E-state index is 0.403. The quantitative estimate of drug-likeness (QED) is 0.853. The molecule has 9 heteroatoms. The molecule has 0 amide bonds. The average Bonchev–Trinajstić information content (AvgIpc) is 2.95. The molecule has 96 valence electrons. The van der Waals surface area contributed by atoms with E-state index in [1.165, 1.54) is 28.2 Å². The molecule has 0 aromatic carbocycles. The molecule has 7 nitrogen and oxygen atoms in total. The Hall–Kier alpha value is -1.32. The van der Waals surface area contributed by atoms with Crippen molar-refractivity contribution in [3.05, 3.63) is 16.9 Å². The Labute approximate surface area is 108 Å². The second kappa shape index (κ2) is 4.11. The summed E-state index contributed by atoms with van der Waals surface area (Å²) in [5.74, 6) is 0.625. The monoisotopic (exact) mass is 285 g/mol. The van der Waals surface area contributed by atoms with E-state index in [0.717, 1.165) is 15.6 Å². The molecule has 1 N–H and O–H groups in total. The summed E-state index contributed by atoms with van der Waals surface area (Å²) in [6.45, 7) is 0.894. The Morgan fingerprint density at radius 3 is 3.00 bits per heavy atom. The molecule has 0 atom stereocenters. The SMILES string of the molecule is CS(=O)(=O)N1CCc2nc(-c3ncn[nH]3)sc2C1. The van der Waals surface area contributed by atoms with Gasteiger partial charge in [-0.3, -0.25) is 5.10 Å². The summed E-state index contributed by atoms with van der Waals surface area (Å²) in [6, 6.07) is 0. The number of fused-ring (bicyclic) bond motifs is 1. The molecule has 3 rings (SSSR count). The van der Waals surface area contributed by atoms with Crippen molar-refractivity contribution in [2.75, 3.05) is 12.8 Å². The third-order valence-corrected chi connectivity index (χ3v) is 5.12. The lowest BCUT2D eigenvalue weighted by molar-refractivity contribution is 0.396. The third-order valence-electron chi connectivity index (χ3n) is 2.78. The van der Waals surface area contributed by atoms with Crippen LogP contribution in [0.15, 0.2) is 6.33 Å². The van der Waals surface area contributed by atoms with Crippen LogP contribution < -0.4 is 0 Å². The van der Waals surface area contributed by atoms with Crippen molar-refractivity contribution in [1.82, 2.24) is 24.5 Å². The summed E-state index contributed by atoms with van der Waals surface area (Å²) in [6.07, 6.45) is 3.31. The van der Waals surface area contributed by atoms with Gasteiger partial charge in [0.1, 0.15) is 6.33 Å². The lowest BCUT2D eigenvalue weighted by Gasteiger charge is -2.23. The van der Waals surface area contributed by atoms with Crippen LogP contribution in [0.1, 0.15) is 10.6 Å². The lowest BCUT2D eigenvalue weighted by Crippen LogP contribution is -2.34. The van der Waals surface area contributed by atoms with Crippen molar-refractivity contribution in [1.29, 1.82) is 0 Å². The maximum absolute atomic E-state index is 11.5. The van der Waals surface area contributed by atoms with Gasteiger partial charge in [0.05, 0.1) is 11.9 Å². The Morgan fingerprint density at radius 1 is 1.50 bits per heavy atom. The zero-order valence-corrected chi connectivity index (χ0v) is 11.3. The first-order chi connectivity index (χ1) is 8.54. The van der Waals surface area contributed by atoms with Crippen molar-refractivity contribution < 1.29 is 8.42 Å². The zero-order chi connectivity index (χ0) is 12.8. The molecule has 1 aliphatic heterocycles. The number of hydrogen-bond acceptors (Lipinski definition) is 6. The molecule has 3 heterocycles. The van der Waals surface area contributed by atoms with Crippen LogP contribution in [0.5, 0.6) is 0 Å². The van der Waals surface area contributed by atoms with E-state index in [1.807, 2.05) is 0 Å². The maximum atomic E-state index is 11.5. The number of aromatic amines is 1. The van der Waals surface area contributed by atoms with Gasteiger partial charge < -0.3 is 0 Å². The van der Waals surface area contributed by atoms with Crippen molar-refractivity contribution >= 4 is 21.4 Å². The van der Waals surface area contributed by atoms with Gasteiger partial charge in [-0.25, -0.2) is 18.4 Å². The van der Waals surface area contributed by atoms with Gasteiger partial charge in [-0.15, -0.1) is 11.3 Å². The van der Waals surface area contributed by atoms with E-state index < -0.39 is 10.0 Å². The Bertz CT molecular complexity index is 661. The predicted molar refractivity (Wildman–Crippen MR) is 66.4 cm³/mol. The fourth-order valence-electron chi connectivity index (χ4n) is 1.86. The van der Waals surface area contributed by atoms with Crippen LogP contribution in [-0.4, -0.2) is 45.7 Å². The van der Waals surface area contributed by atoms with Gasteiger partial charge in [-0.2, -0.15) is 9.40 Å². The molecular weight excluding hydrogens is 274 g/mol. The highest BCUT2D eigenvalue weighted by molar-refractivity contribution is 7.88. The van der Waals surface area contributed by atoms with E-state index >= 15 is 0 Å². The van der Waals surface area contributed by atoms with Gasteiger partial charge in [0.15, 0.2) is 10.8 Å². The molecule has 0 bridgehead atoms. The van der Waals surface area contributed by atoms with Crippen molar-refractivity contribution in [2.24, 2.45) is 0 Å². The second-order valence-corrected chi connectivity index (χ2v) is 7.14. The number of nitrogens with one attached hydrogen (secondary N) is 1. The molecule has 0 radical (unpaired) electrons. The van der Waals surface area contributed by atoms with E-state index in [2.05, 4.69) is 20.2 Å². The van der Waals surface area contributed by atoms with Crippen LogP contribution in [0.25, 0.3) is 10.8 Å². The largest absolute Gasteiger partial charge is 0.257 e. The number of sulfonamides is 1. The number of nitrogens with zero attached hydrogens (tertiary/aromatic N) is 4. The van der Waals surface area contributed by atoms with E-state index in [9.17, 15) is 8.42 Å². The number of hydrogen-bond donors (Lipinski definition) is 1. The van der Waals surface area contributed by atoms with Crippen LogP contribution in [0.2, 0.25) is 0 Å². The van der Waals surface area contributed by atoms with E-state index in [4.69, 9.17) is 0 Å². The first-order valence-corrected chi connectivity index (χ1v) is 8.00.